The second kappa shape index (κ2) is 6.32. The van der Waals surface area contributed by atoms with E-state index in [-0.39, 0.29) is 17.3 Å². The molecule has 0 spiro atoms. The second-order valence-electron chi connectivity index (χ2n) is 5.32. The Morgan fingerprint density at radius 2 is 1.94 bits per heavy atom. The van der Waals surface area contributed by atoms with Crippen molar-refractivity contribution in [3.8, 4) is 0 Å². The summed E-state index contributed by atoms with van der Waals surface area (Å²) in [4.78, 5) is 0. The molecule has 5 nitrogen and oxygen atoms in total. The standard InChI is InChI=1S/C12H24N2O3S/c1-10(12-4-2-3-7-13-12)14-18(15,16)11-5-8-17-9-6-11/h10-14H,2-9H2,1H3. The van der Waals surface area contributed by atoms with Gasteiger partial charge in [0.05, 0.1) is 5.25 Å². The van der Waals surface area contributed by atoms with Crippen LogP contribution in [0.15, 0.2) is 0 Å². The van der Waals surface area contributed by atoms with Crippen molar-refractivity contribution in [2.45, 2.75) is 56.4 Å². The first kappa shape index (κ1) is 14.2. The predicted octanol–water partition coefficient (Wildman–Crippen LogP) is 0.615. The molecule has 0 bridgehead atoms. The van der Waals surface area contributed by atoms with Crippen LogP contribution in [0.1, 0.15) is 39.0 Å². The van der Waals surface area contributed by atoms with E-state index in [2.05, 4.69) is 10.0 Å². The van der Waals surface area contributed by atoms with Crippen LogP contribution in [-0.4, -0.2) is 45.5 Å². The first-order chi connectivity index (χ1) is 8.59. The van der Waals surface area contributed by atoms with E-state index >= 15 is 0 Å². The van der Waals surface area contributed by atoms with Gasteiger partial charge in [0.1, 0.15) is 0 Å². The lowest BCUT2D eigenvalue weighted by atomic mass is 10.00. The van der Waals surface area contributed by atoms with Gasteiger partial charge in [0, 0.05) is 25.3 Å². The minimum absolute atomic E-state index is 0.0295. The Bertz CT molecular complexity index is 346. The smallest absolute Gasteiger partial charge is 0.214 e. The zero-order valence-corrected chi connectivity index (χ0v) is 11.8. The van der Waals surface area contributed by atoms with Gasteiger partial charge in [-0.1, -0.05) is 6.42 Å². The fraction of sp³-hybridized carbons (Fsp3) is 1.00. The molecule has 2 aliphatic heterocycles. The number of ether oxygens (including phenoxy) is 1. The minimum Gasteiger partial charge on any atom is -0.381 e. The molecule has 0 aliphatic carbocycles. The molecule has 2 N–H and O–H groups in total. The second-order valence-corrected chi connectivity index (χ2v) is 7.31. The van der Waals surface area contributed by atoms with Gasteiger partial charge in [0.25, 0.3) is 0 Å². The number of nitrogens with one attached hydrogen (secondary N) is 2. The maximum Gasteiger partial charge on any atom is 0.214 e. The lowest BCUT2D eigenvalue weighted by molar-refractivity contribution is 0.0980. The van der Waals surface area contributed by atoms with Crippen LogP contribution in [-0.2, 0) is 14.8 Å². The summed E-state index contributed by atoms with van der Waals surface area (Å²) < 4.78 is 32.5. The summed E-state index contributed by atoms with van der Waals surface area (Å²) in [7, 11) is -3.20. The van der Waals surface area contributed by atoms with Gasteiger partial charge in [0.2, 0.25) is 10.0 Å². The van der Waals surface area contributed by atoms with Gasteiger partial charge in [-0.2, -0.15) is 0 Å². The molecule has 2 heterocycles. The number of hydrogen-bond acceptors (Lipinski definition) is 4. The summed E-state index contributed by atoms with van der Waals surface area (Å²) in [5.74, 6) is 0. The molecule has 2 rings (SSSR count). The molecule has 2 atom stereocenters. The van der Waals surface area contributed by atoms with Crippen LogP contribution in [0.25, 0.3) is 0 Å². The van der Waals surface area contributed by atoms with E-state index in [9.17, 15) is 8.42 Å². The fourth-order valence-corrected chi connectivity index (χ4v) is 4.42. The van der Waals surface area contributed by atoms with Crippen LogP contribution in [0.2, 0.25) is 0 Å². The third-order valence-corrected chi connectivity index (χ3v) is 5.96. The molecule has 0 saturated carbocycles. The molecule has 2 aliphatic rings. The molecule has 2 fully saturated rings. The maximum atomic E-state index is 12.2. The maximum absolute atomic E-state index is 12.2. The van der Waals surface area contributed by atoms with Gasteiger partial charge >= 0.3 is 0 Å². The highest BCUT2D eigenvalue weighted by atomic mass is 32.2. The van der Waals surface area contributed by atoms with Crippen molar-refractivity contribution in [2.24, 2.45) is 0 Å². The molecule has 18 heavy (non-hydrogen) atoms. The molecule has 0 aromatic rings. The highest BCUT2D eigenvalue weighted by Gasteiger charge is 2.31. The Labute approximate surface area is 110 Å². The molecule has 0 aromatic heterocycles. The van der Waals surface area contributed by atoms with Crippen molar-refractivity contribution in [3.63, 3.8) is 0 Å². The van der Waals surface area contributed by atoms with Gasteiger partial charge in [-0.05, 0) is 39.2 Å². The molecule has 0 amide bonds. The van der Waals surface area contributed by atoms with Crippen molar-refractivity contribution in [2.75, 3.05) is 19.8 Å². The molecule has 106 valence electrons. The molecule has 6 heteroatoms. The fourth-order valence-electron chi connectivity index (χ4n) is 2.73. The van der Waals surface area contributed by atoms with Crippen LogP contribution >= 0.6 is 0 Å². The van der Waals surface area contributed by atoms with Crippen LogP contribution in [0.5, 0.6) is 0 Å². The lowest BCUT2D eigenvalue weighted by Crippen LogP contribution is -2.52. The predicted molar refractivity (Wildman–Crippen MR) is 71.0 cm³/mol. The Morgan fingerprint density at radius 1 is 1.22 bits per heavy atom. The molecular weight excluding hydrogens is 252 g/mol. The zero-order chi connectivity index (χ0) is 13.0. The van der Waals surface area contributed by atoms with Crippen LogP contribution < -0.4 is 10.0 Å². The van der Waals surface area contributed by atoms with Crippen molar-refractivity contribution in [1.29, 1.82) is 0 Å². The monoisotopic (exact) mass is 276 g/mol. The summed E-state index contributed by atoms with van der Waals surface area (Å²) in [6, 6.07) is 0.242. The SMILES string of the molecule is CC(NS(=O)(=O)C1CCOCC1)C1CCCCN1. The van der Waals surface area contributed by atoms with Gasteiger partial charge in [0.15, 0.2) is 0 Å². The van der Waals surface area contributed by atoms with Crippen molar-refractivity contribution < 1.29 is 13.2 Å². The highest BCUT2D eigenvalue weighted by Crippen LogP contribution is 2.17. The first-order valence-corrected chi connectivity index (χ1v) is 8.46. The van der Waals surface area contributed by atoms with Crippen molar-refractivity contribution in [3.05, 3.63) is 0 Å². The molecular formula is C12H24N2O3S. The average Bonchev–Trinajstić information content (AvgIpc) is 2.40. The number of sulfonamides is 1. The summed E-state index contributed by atoms with van der Waals surface area (Å²) in [6.45, 7) is 4.07. The third-order valence-electron chi connectivity index (χ3n) is 3.91. The van der Waals surface area contributed by atoms with Crippen LogP contribution in [0, 0.1) is 0 Å². The van der Waals surface area contributed by atoms with Gasteiger partial charge in [-0.3, -0.25) is 0 Å². The molecule has 0 radical (unpaired) electrons. The van der Waals surface area contributed by atoms with E-state index in [0.717, 1.165) is 13.0 Å². The van der Waals surface area contributed by atoms with Gasteiger partial charge < -0.3 is 10.1 Å². The number of hydrogen-bond donors (Lipinski definition) is 2. The molecule has 0 aromatic carbocycles. The quantitative estimate of drug-likeness (QED) is 0.790. The van der Waals surface area contributed by atoms with E-state index in [1.165, 1.54) is 12.8 Å². The normalized spacial score (nSPS) is 29.1. The summed E-state index contributed by atoms with van der Waals surface area (Å²) in [5, 5.41) is 3.11. The molecule has 2 saturated heterocycles. The summed E-state index contributed by atoms with van der Waals surface area (Å²) in [5.41, 5.74) is 0. The summed E-state index contributed by atoms with van der Waals surface area (Å²) >= 11 is 0. The van der Waals surface area contributed by atoms with Gasteiger partial charge in [-0.15, -0.1) is 0 Å². The van der Waals surface area contributed by atoms with Gasteiger partial charge in [-0.25, -0.2) is 13.1 Å². The Balaban J connectivity index is 1.89. The van der Waals surface area contributed by atoms with E-state index in [1.807, 2.05) is 6.92 Å². The third kappa shape index (κ3) is 3.66. The Kier molecular flexibility index (Phi) is 5.00. The number of rotatable bonds is 4. The zero-order valence-electron chi connectivity index (χ0n) is 11.0. The largest absolute Gasteiger partial charge is 0.381 e. The van der Waals surface area contributed by atoms with Crippen molar-refractivity contribution in [1.82, 2.24) is 10.0 Å². The highest BCUT2D eigenvalue weighted by molar-refractivity contribution is 7.90. The van der Waals surface area contributed by atoms with E-state index in [0.29, 0.717) is 26.1 Å². The Hall–Kier alpha value is -0.170. The van der Waals surface area contributed by atoms with Crippen LogP contribution in [0.3, 0.4) is 0 Å². The lowest BCUT2D eigenvalue weighted by Gasteiger charge is -2.31. The first-order valence-electron chi connectivity index (χ1n) is 6.92. The van der Waals surface area contributed by atoms with E-state index < -0.39 is 10.0 Å². The summed E-state index contributed by atoms with van der Waals surface area (Å²) in [6.07, 6.45) is 4.65. The molecule has 2 unspecified atom stereocenters. The van der Waals surface area contributed by atoms with E-state index in [4.69, 9.17) is 4.74 Å². The Morgan fingerprint density at radius 3 is 2.56 bits per heavy atom. The number of piperidine rings is 1. The van der Waals surface area contributed by atoms with E-state index in [1.54, 1.807) is 0 Å². The van der Waals surface area contributed by atoms with Crippen molar-refractivity contribution >= 4 is 10.0 Å². The minimum atomic E-state index is -3.20. The van der Waals surface area contributed by atoms with Crippen LogP contribution in [0.4, 0.5) is 0 Å². The average molecular weight is 276 g/mol. The topological polar surface area (TPSA) is 67.4 Å².